The number of amides is 1. The van der Waals surface area contributed by atoms with Crippen molar-refractivity contribution in [3.8, 4) is 17.3 Å². The van der Waals surface area contributed by atoms with Crippen LogP contribution in [-0.4, -0.2) is 25.7 Å². The van der Waals surface area contributed by atoms with Crippen molar-refractivity contribution in [1.82, 2.24) is 19.7 Å². The first-order valence-electron chi connectivity index (χ1n) is 11.1. The van der Waals surface area contributed by atoms with Crippen LogP contribution in [0, 0.1) is 11.3 Å². The number of nitrogens with one attached hydrogen (secondary N) is 3. The highest BCUT2D eigenvalue weighted by Gasteiger charge is 2.22. The van der Waals surface area contributed by atoms with Gasteiger partial charge in [-0.1, -0.05) is 44.5 Å². The summed E-state index contributed by atoms with van der Waals surface area (Å²) in [5.41, 5.74) is 2.37. The van der Waals surface area contributed by atoms with E-state index in [4.69, 9.17) is 11.6 Å². The number of anilines is 3. The van der Waals surface area contributed by atoms with Gasteiger partial charge in [0.05, 0.1) is 11.4 Å². The topological polar surface area (TPSA) is 128 Å². The molecule has 9 nitrogen and oxygen atoms in total. The average Bonchev–Trinajstić information content (AvgIpc) is 3.23. The number of nitrogens with zero attached hydrogens (tertiary/aromatic N) is 4. The van der Waals surface area contributed by atoms with Gasteiger partial charge in [-0.05, 0) is 42.5 Å². The average molecular weight is 502 g/mol. The maximum atomic E-state index is 12.8. The molecule has 0 aliphatic heterocycles. The lowest BCUT2D eigenvalue weighted by Crippen LogP contribution is -2.16. The van der Waals surface area contributed by atoms with Crippen molar-refractivity contribution in [3.63, 3.8) is 0 Å². The predicted molar refractivity (Wildman–Crippen MR) is 140 cm³/mol. The Hall–Kier alpha value is -4.42. The monoisotopic (exact) mass is 501 g/mol. The van der Waals surface area contributed by atoms with Crippen LogP contribution in [0.3, 0.4) is 0 Å². The first-order chi connectivity index (χ1) is 17.0. The first kappa shape index (κ1) is 24.7. The number of benzene rings is 2. The molecule has 0 fully saturated rings. The summed E-state index contributed by atoms with van der Waals surface area (Å²) < 4.78 is 1.55. The molecule has 0 spiro atoms. The number of aromatic nitrogens is 4. The Morgan fingerprint density at radius 2 is 1.72 bits per heavy atom. The molecular weight excluding hydrogens is 478 g/mol. The van der Waals surface area contributed by atoms with Crippen molar-refractivity contribution in [2.45, 2.75) is 26.2 Å². The van der Waals surface area contributed by atoms with E-state index in [-0.39, 0.29) is 28.5 Å². The van der Waals surface area contributed by atoms with E-state index in [1.807, 2.05) is 26.8 Å². The van der Waals surface area contributed by atoms with Crippen molar-refractivity contribution < 1.29 is 4.79 Å². The minimum Gasteiger partial charge on any atom is -0.326 e. The van der Waals surface area contributed by atoms with Crippen LogP contribution in [0.25, 0.3) is 11.3 Å². The molecule has 4 rings (SSSR count). The molecule has 0 bridgehead atoms. The number of carbonyl (C=O) groups is 1. The Balaban J connectivity index is 1.59. The zero-order valence-electron chi connectivity index (χ0n) is 20.2. The summed E-state index contributed by atoms with van der Waals surface area (Å²) in [7, 11) is 1.73. The third-order valence-electron chi connectivity index (χ3n) is 5.44. The molecule has 2 heterocycles. The van der Waals surface area contributed by atoms with Crippen LogP contribution >= 0.6 is 11.6 Å². The van der Waals surface area contributed by atoms with Gasteiger partial charge in [-0.2, -0.15) is 10.4 Å². The van der Waals surface area contributed by atoms with Crippen LogP contribution in [0.2, 0.25) is 5.02 Å². The Morgan fingerprint density at radius 3 is 2.31 bits per heavy atom. The highest BCUT2D eigenvalue weighted by molar-refractivity contribution is 6.30. The largest absolute Gasteiger partial charge is 0.326 e. The molecule has 2 aromatic heterocycles. The number of rotatable bonds is 5. The summed E-state index contributed by atoms with van der Waals surface area (Å²) in [6, 6.07) is 17.3. The van der Waals surface area contributed by atoms with Gasteiger partial charge in [-0.3, -0.25) is 19.3 Å². The lowest BCUT2D eigenvalue weighted by atomic mass is 9.92. The molecule has 0 saturated heterocycles. The normalized spacial score (nSPS) is 11.1. The van der Waals surface area contributed by atoms with Gasteiger partial charge in [0, 0.05) is 34.4 Å². The smallest absolute Gasteiger partial charge is 0.273 e. The molecule has 0 aliphatic carbocycles. The van der Waals surface area contributed by atoms with Gasteiger partial charge in [-0.25, -0.2) is 4.98 Å². The van der Waals surface area contributed by atoms with Crippen LogP contribution in [-0.2, 0) is 12.5 Å². The highest BCUT2D eigenvalue weighted by atomic mass is 35.5. The van der Waals surface area contributed by atoms with Gasteiger partial charge in [0.25, 0.3) is 11.5 Å². The molecule has 3 N–H and O–H groups in total. The SMILES string of the molecule is Cn1nc(C(C)(C)C)cc1C(=O)Nc1ccc(-c2nc(Nc3ccc(Cl)cc3)[nH]c(=O)c2C#N)cc1. The van der Waals surface area contributed by atoms with Crippen LogP contribution in [0.1, 0.15) is 42.5 Å². The van der Waals surface area contributed by atoms with E-state index in [0.29, 0.717) is 27.7 Å². The zero-order chi connectivity index (χ0) is 26.0. The summed E-state index contributed by atoms with van der Waals surface area (Å²) in [6.45, 7) is 6.10. The van der Waals surface area contributed by atoms with E-state index >= 15 is 0 Å². The molecule has 0 unspecified atom stereocenters. The predicted octanol–water partition coefficient (Wildman–Crippen LogP) is 4.99. The molecule has 1 amide bonds. The highest BCUT2D eigenvalue weighted by Crippen LogP contribution is 2.25. The van der Waals surface area contributed by atoms with E-state index < -0.39 is 5.56 Å². The van der Waals surface area contributed by atoms with Crippen molar-refractivity contribution in [2.75, 3.05) is 10.6 Å². The van der Waals surface area contributed by atoms with Crippen LogP contribution < -0.4 is 16.2 Å². The fourth-order valence-electron chi connectivity index (χ4n) is 3.47. The Bertz CT molecular complexity index is 1520. The summed E-state index contributed by atoms with van der Waals surface area (Å²) in [5.74, 6) is -0.116. The molecule has 0 radical (unpaired) electrons. The second kappa shape index (κ2) is 9.68. The van der Waals surface area contributed by atoms with Gasteiger partial charge < -0.3 is 10.6 Å². The molecule has 0 aliphatic rings. The molecule has 36 heavy (non-hydrogen) atoms. The standard InChI is InChI=1S/C26H24ClN7O2/c1-26(2,3)21-13-20(34(4)33-21)24(36)29-17-9-5-15(6-10-17)22-19(14-28)23(35)32-25(31-22)30-18-11-7-16(27)8-12-18/h5-13H,1-4H3,(H,29,36)(H2,30,31,32,35). The van der Waals surface area contributed by atoms with Crippen molar-refractivity contribution in [3.05, 3.63) is 86.9 Å². The Morgan fingerprint density at radius 1 is 1.08 bits per heavy atom. The second-order valence-electron chi connectivity index (χ2n) is 9.20. The number of halogens is 1. The number of hydrogen-bond acceptors (Lipinski definition) is 6. The maximum absolute atomic E-state index is 12.8. The van der Waals surface area contributed by atoms with E-state index in [9.17, 15) is 14.9 Å². The molecule has 182 valence electrons. The third-order valence-corrected chi connectivity index (χ3v) is 5.69. The van der Waals surface area contributed by atoms with Crippen LogP contribution in [0.5, 0.6) is 0 Å². The van der Waals surface area contributed by atoms with E-state index in [2.05, 4.69) is 25.7 Å². The number of aryl methyl sites for hydroxylation is 1. The molecular formula is C26H24ClN7O2. The number of hydrogen-bond donors (Lipinski definition) is 3. The zero-order valence-corrected chi connectivity index (χ0v) is 20.9. The maximum Gasteiger partial charge on any atom is 0.273 e. The van der Waals surface area contributed by atoms with E-state index in [1.54, 1.807) is 66.3 Å². The van der Waals surface area contributed by atoms with Crippen molar-refractivity contribution in [1.29, 1.82) is 5.26 Å². The fourth-order valence-corrected chi connectivity index (χ4v) is 3.59. The fraction of sp³-hybridized carbons (Fsp3) is 0.192. The lowest BCUT2D eigenvalue weighted by molar-refractivity contribution is 0.101. The Labute approximate surface area is 212 Å². The Kier molecular flexibility index (Phi) is 6.64. The van der Waals surface area contributed by atoms with Gasteiger partial charge in [-0.15, -0.1) is 0 Å². The third kappa shape index (κ3) is 5.29. The summed E-state index contributed by atoms with van der Waals surface area (Å²) in [4.78, 5) is 32.4. The molecule has 0 saturated carbocycles. The first-order valence-corrected chi connectivity index (χ1v) is 11.5. The van der Waals surface area contributed by atoms with Crippen LogP contribution in [0.4, 0.5) is 17.3 Å². The quantitative estimate of drug-likeness (QED) is 0.353. The number of aromatic amines is 1. The van der Waals surface area contributed by atoms with E-state index in [0.717, 1.165) is 5.69 Å². The molecule has 2 aromatic carbocycles. The summed E-state index contributed by atoms with van der Waals surface area (Å²) in [5, 5.41) is 20.4. The molecule has 4 aromatic rings. The number of carbonyl (C=O) groups excluding carboxylic acids is 1. The van der Waals surface area contributed by atoms with Gasteiger partial charge >= 0.3 is 0 Å². The van der Waals surface area contributed by atoms with Crippen LogP contribution in [0.15, 0.2) is 59.4 Å². The molecule has 10 heteroatoms. The van der Waals surface area contributed by atoms with Crippen molar-refractivity contribution >= 4 is 34.8 Å². The summed E-state index contributed by atoms with van der Waals surface area (Å²) >= 11 is 5.92. The van der Waals surface area contributed by atoms with Gasteiger partial charge in [0.15, 0.2) is 0 Å². The number of H-pyrrole nitrogens is 1. The van der Waals surface area contributed by atoms with E-state index in [1.165, 1.54) is 0 Å². The summed E-state index contributed by atoms with van der Waals surface area (Å²) in [6.07, 6.45) is 0. The molecule has 0 atom stereocenters. The van der Waals surface area contributed by atoms with Gasteiger partial charge in [0.1, 0.15) is 17.3 Å². The minimum atomic E-state index is -0.567. The second-order valence-corrected chi connectivity index (χ2v) is 9.64. The lowest BCUT2D eigenvalue weighted by Gasteiger charge is -2.13. The van der Waals surface area contributed by atoms with Crippen molar-refractivity contribution in [2.24, 2.45) is 7.05 Å². The number of nitriles is 1. The minimum absolute atomic E-state index is 0.113. The van der Waals surface area contributed by atoms with Gasteiger partial charge in [0.2, 0.25) is 5.95 Å².